The lowest BCUT2D eigenvalue weighted by molar-refractivity contribution is 0.415. The van der Waals surface area contributed by atoms with E-state index in [-0.39, 0.29) is 0 Å². The lowest BCUT2D eigenvalue weighted by Gasteiger charge is -2.30. The second-order valence-corrected chi connectivity index (χ2v) is 5.16. The first kappa shape index (κ1) is 8.19. The molecule has 0 bridgehead atoms. The zero-order valence-electron chi connectivity index (χ0n) is 7.32. The van der Waals surface area contributed by atoms with Gasteiger partial charge in [0.2, 0.25) is 0 Å². The quantitative estimate of drug-likeness (QED) is 0.517. The van der Waals surface area contributed by atoms with Crippen LogP contribution in [-0.2, 0) is 0 Å². The molecule has 0 aromatic heterocycles. The van der Waals surface area contributed by atoms with E-state index >= 15 is 0 Å². The highest BCUT2D eigenvalue weighted by atomic mass is 32.2. The summed E-state index contributed by atoms with van der Waals surface area (Å²) in [6, 6.07) is 0. The van der Waals surface area contributed by atoms with E-state index in [4.69, 9.17) is 0 Å². The summed E-state index contributed by atoms with van der Waals surface area (Å²) in [4.78, 5) is 1.54. The molecule has 1 heteroatoms. The second kappa shape index (κ2) is 2.61. The van der Waals surface area contributed by atoms with Gasteiger partial charge in [0, 0.05) is 5.75 Å². The minimum absolute atomic E-state index is 0.536. The van der Waals surface area contributed by atoms with E-state index < -0.39 is 0 Å². The molecule has 10 heavy (non-hydrogen) atoms. The third-order valence-corrected chi connectivity index (χ3v) is 3.73. The highest BCUT2D eigenvalue weighted by Crippen LogP contribution is 2.39. The van der Waals surface area contributed by atoms with Gasteiger partial charge in [0.25, 0.3) is 0 Å². The SMILES string of the molecule is CC1=C(C)SCC(C)(C)C1. The summed E-state index contributed by atoms with van der Waals surface area (Å²) in [5.74, 6) is 1.29. The van der Waals surface area contributed by atoms with E-state index in [2.05, 4.69) is 27.7 Å². The van der Waals surface area contributed by atoms with Gasteiger partial charge in [0.15, 0.2) is 0 Å². The van der Waals surface area contributed by atoms with E-state index in [0.717, 1.165) is 0 Å². The molecule has 0 saturated carbocycles. The van der Waals surface area contributed by atoms with Crippen molar-refractivity contribution in [2.45, 2.75) is 34.1 Å². The van der Waals surface area contributed by atoms with Gasteiger partial charge < -0.3 is 0 Å². The average Bonchev–Trinajstić information content (AvgIpc) is 1.79. The molecule has 0 aliphatic carbocycles. The van der Waals surface area contributed by atoms with E-state index in [1.54, 1.807) is 10.5 Å². The Morgan fingerprint density at radius 3 is 2.30 bits per heavy atom. The maximum atomic E-state index is 2.34. The fourth-order valence-electron chi connectivity index (χ4n) is 1.32. The molecule has 1 heterocycles. The van der Waals surface area contributed by atoms with Crippen molar-refractivity contribution in [3.8, 4) is 0 Å². The van der Waals surface area contributed by atoms with Gasteiger partial charge in [0.1, 0.15) is 0 Å². The zero-order chi connectivity index (χ0) is 7.78. The Labute approximate surface area is 68.1 Å². The monoisotopic (exact) mass is 156 g/mol. The summed E-state index contributed by atoms with van der Waals surface area (Å²) in [5, 5.41) is 0. The van der Waals surface area contributed by atoms with Gasteiger partial charge in [-0.1, -0.05) is 19.4 Å². The molecule has 0 saturated heterocycles. The Morgan fingerprint density at radius 2 is 1.90 bits per heavy atom. The van der Waals surface area contributed by atoms with Crippen LogP contribution in [-0.4, -0.2) is 5.75 Å². The normalized spacial score (nSPS) is 25.2. The lowest BCUT2D eigenvalue weighted by atomic mass is 9.88. The van der Waals surface area contributed by atoms with Crippen LogP contribution in [0.25, 0.3) is 0 Å². The van der Waals surface area contributed by atoms with Crippen LogP contribution in [0, 0.1) is 5.41 Å². The van der Waals surface area contributed by atoms with Crippen molar-refractivity contribution in [1.82, 2.24) is 0 Å². The van der Waals surface area contributed by atoms with Crippen molar-refractivity contribution in [2.75, 3.05) is 5.75 Å². The van der Waals surface area contributed by atoms with Crippen LogP contribution in [0.4, 0.5) is 0 Å². The smallest absolute Gasteiger partial charge is 0.00311 e. The van der Waals surface area contributed by atoms with Crippen molar-refractivity contribution in [3.05, 3.63) is 10.5 Å². The third kappa shape index (κ3) is 1.79. The number of allylic oxidation sites excluding steroid dienone is 2. The van der Waals surface area contributed by atoms with Gasteiger partial charge in [0.05, 0.1) is 0 Å². The van der Waals surface area contributed by atoms with Gasteiger partial charge in [-0.25, -0.2) is 0 Å². The Balaban J connectivity index is 2.72. The van der Waals surface area contributed by atoms with Crippen molar-refractivity contribution < 1.29 is 0 Å². The van der Waals surface area contributed by atoms with Crippen LogP contribution in [0.2, 0.25) is 0 Å². The Hall–Kier alpha value is 0.0900. The van der Waals surface area contributed by atoms with Crippen LogP contribution in [0.1, 0.15) is 34.1 Å². The maximum Gasteiger partial charge on any atom is 0.00311 e. The first-order valence-electron chi connectivity index (χ1n) is 3.80. The molecule has 58 valence electrons. The van der Waals surface area contributed by atoms with Crippen LogP contribution in [0.5, 0.6) is 0 Å². The van der Waals surface area contributed by atoms with Gasteiger partial charge in [-0.2, -0.15) is 0 Å². The molecular formula is C9H16S. The summed E-state index contributed by atoms with van der Waals surface area (Å²) < 4.78 is 0. The van der Waals surface area contributed by atoms with Crippen LogP contribution >= 0.6 is 11.8 Å². The molecule has 0 aromatic rings. The molecule has 0 spiro atoms. The molecule has 0 unspecified atom stereocenters. The summed E-state index contributed by atoms with van der Waals surface area (Å²) >= 11 is 2.01. The Morgan fingerprint density at radius 1 is 1.30 bits per heavy atom. The van der Waals surface area contributed by atoms with Crippen molar-refractivity contribution in [2.24, 2.45) is 5.41 Å². The lowest BCUT2D eigenvalue weighted by Crippen LogP contribution is -2.18. The standard InChI is InChI=1S/C9H16S/c1-7-5-9(3,4)6-10-8(7)2/h5-6H2,1-4H3. The minimum atomic E-state index is 0.536. The van der Waals surface area contributed by atoms with E-state index in [0.29, 0.717) is 5.41 Å². The molecule has 0 atom stereocenters. The molecule has 0 nitrogen and oxygen atoms in total. The number of hydrogen-bond donors (Lipinski definition) is 0. The summed E-state index contributed by atoms with van der Waals surface area (Å²) in [6.45, 7) is 9.17. The molecule has 1 aliphatic rings. The van der Waals surface area contributed by atoms with Gasteiger partial charge in [-0.05, 0) is 30.6 Å². The fraction of sp³-hybridized carbons (Fsp3) is 0.778. The number of thioether (sulfide) groups is 1. The van der Waals surface area contributed by atoms with E-state index in [1.165, 1.54) is 12.2 Å². The first-order valence-corrected chi connectivity index (χ1v) is 4.79. The molecule has 0 N–H and O–H groups in total. The second-order valence-electron chi connectivity index (χ2n) is 3.97. The predicted molar refractivity (Wildman–Crippen MR) is 49.2 cm³/mol. The topological polar surface area (TPSA) is 0 Å². The first-order chi connectivity index (χ1) is 4.51. The maximum absolute atomic E-state index is 2.34. The summed E-state index contributed by atoms with van der Waals surface area (Å²) in [5.41, 5.74) is 2.12. The van der Waals surface area contributed by atoms with Crippen LogP contribution in [0.3, 0.4) is 0 Å². The van der Waals surface area contributed by atoms with Gasteiger partial charge in [-0.15, -0.1) is 11.8 Å². The third-order valence-electron chi connectivity index (χ3n) is 2.02. The number of hydrogen-bond acceptors (Lipinski definition) is 1. The molecule has 0 aromatic carbocycles. The highest BCUT2D eigenvalue weighted by Gasteiger charge is 2.23. The highest BCUT2D eigenvalue weighted by molar-refractivity contribution is 8.03. The van der Waals surface area contributed by atoms with E-state index in [9.17, 15) is 0 Å². The molecule has 0 amide bonds. The van der Waals surface area contributed by atoms with Crippen LogP contribution < -0.4 is 0 Å². The Bertz CT molecular complexity index is 166. The van der Waals surface area contributed by atoms with Gasteiger partial charge >= 0.3 is 0 Å². The summed E-state index contributed by atoms with van der Waals surface area (Å²) in [6.07, 6.45) is 1.28. The Kier molecular flexibility index (Phi) is 2.14. The molecular weight excluding hydrogens is 140 g/mol. The van der Waals surface area contributed by atoms with E-state index in [1.807, 2.05) is 11.8 Å². The van der Waals surface area contributed by atoms with Crippen LogP contribution in [0.15, 0.2) is 10.5 Å². The molecule has 0 radical (unpaired) electrons. The minimum Gasteiger partial charge on any atom is -0.130 e. The van der Waals surface area contributed by atoms with Crippen molar-refractivity contribution >= 4 is 11.8 Å². The van der Waals surface area contributed by atoms with Crippen molar-refractivity contribution in [3.63, 3.8) is 0 Å². The fourth-order valence-corrected chi connectivity index (χ4v) is 2.35. The largest absolute Gasteiger partial charge is 0.130 e. The molecule has 0 fully saturated rings. The zero-order valence-corrected chi connectivity index (χ0v) is 8.14. The molecule has 1 aliphatic heterocycles. The van der Waals surface area contributed by atoms with Crippen molar-refractivity contribution in [1.29, 1.82) is 0 Å². The summed E-state index contributed by atoms with van der Waals surface area (Å²) in [7, 11) is 0. The number of rotatable bonds is 0. The molecule has 1 rings (SSSR count). The van der Waals surface area contributed by atoms with Gasteiger partial charge in [-0.3, -0.25) is 0 Å². The predicted octanol–water partition coefficient (Wildman–Crippen LogP) is 3.44. The average molecular weight is 156 g/mol.